The number of rotatable bonds is 7. The zero-order valence-corrected chi connectivity index (χ0v) is 15.7. The fourth-order valence-electron chi connectivity index (χ4n) is 3.69. The topological polar surface area (TPSA) is 107 Å². The summed E-state index contributed by atoms with van der Waals surface area (Å²) in [5.74, 6) is 0. The van der Waals surface area contributed by atoms with E-state index >= 15 is 0 Å². The van der Waals surface area contributed by atoms with Crippen molar-refractivity contribution in [3.8, 4) is 0 Å². The molecule has 8 atom stereocenters. The van der Waals surface area contributed by atoms with Gasteiger partial charge in [-0.25, -0.2) is 0 Å². The summed E-state index contributed by atoms with van der Waals surface area (Å²) >= 11 is 0. The lowest BCUT2D eigenvalue weighted by Gasteiger charge is -2.53. The Balaban J connectivity index is 2.25. The van der Waals surface area contributed by atoms with Crippen LogP contribution >= 0.6 is 0 Å². The second-order valence-electron chi connectivity index (χ2n) is 7.39. The maximum atomic E-state index is 10.9. The molecule has 8 nitrogen and oxygen atoms in total. The summed E-state index contributed by atoms with van der Waals surface area (Å²) in [6.07, 6.45) is -4.12. The van der Waals surface area contributed by atoms with Gasteiger partial charge in [-0.2, -0.15) is 0 Å². The maximum Gasteiger partial charge on any atom is 0.151 e. The molecule has 25 heavy (non-hydrogen) atoms. The third-order valence-electron chi connectivity index (χ3n) is 4.98. The highest BCUT2D eigenvalue weighted by Crippen LogP contribution is 2.46. The molecule has 1 spiro atoms. The Morgan fingerprint density at radius 3 is 2.36 bits per heavy atom. The van der Waals surface area contributed by atoms with Gasteiger partial charge >= 0.3 is 0 Å². The first-order valence-electron chi connectivity index (χ1n) is 8.75. The first kappa shape index (κ1) is 21.0. The highest BCUT2D eigenvalue weighted by atomic mass is 16.7. The molecule has 0 radical (unpaired) electrons. The standard InChI is InChI=1S/C17H32O8/c1-10(18)6-23-14-12(3)25-17(15(21-5)13(14)20)9-22-8-16(17,4)24-7-11(2)19/h10-15,18-20H,6-9H2,1-5H3. The van der Waals surface area contributed by atoms with E-state index in [0.717, 1.165) is 0 Å². The number of hydrogen-bond donors (Lipinski definition) is 3. The van der Waals surface area contributed by atoms with Crippen LogP contribution in [0.5, 0.6) is 0 Å². The average molecular weight is 364 g/mol. The molecule has 3 N–H and O–H groups in total. The summed E-state index contributed by atoms with van der Waals surface area (Å²) in [6, 6.07) is 0. The number of aliphatic hydroxyl groups is 3. The third-order valence-corrected chi connectivity index (χ3v) is 4.98. The number of ether oxygens (including phenoxy) is 5. The predicted octanol–water partition coefficient (Wildman–Crippen LogP) is -0.528. The molecule has 2 rings (SSSR count). The summed E-state index contributed by atoms with van der Waals surface area (Å²) in [4.78, 5) is 0. The van der Waals surface area contributed by atoms with Crippen molar-refractivity contribution >= 4 is 0 Å². The highest BCUT2D eigenvalue weighted by molar-refractivity contribution is 5.15. The quantitative estimate of drug-likeness (QED) is 0.554. The molecule has 0 aromatic carbocycles. The summed E-state index contributed by atoms with van der Waals surface area (Å²) in [5.41, 5.74) is -1.92. The molecule has 0 amide bonds. The highest BCUT2D eigenvalue weighted by Gasteiger charge is 2.66. The molecular formula is C17H32O8. The zero-order chi connectivity index (χ0) is 18.8. The van der Waals surface area contributed by atoms with Crippen molar-refractivity contribution in [1.82, 2.24) is 0 Å². The Bertz CT molecular complexity index is 431. The van der Waals surface area contributed by atoms with Crippen LogP contribution in [0.15, 0.2) is 0 Å². The molecule has 2 heterocycles. The second-order valence-corrected chi connectivity index (χ2v) is 7.39. The van der Waals surface area contributed by atoms with Crippen LogP contribution in [0.4, 0.5) is 0 Å². The van der Waals surface area contributed by atoms with Crippen LogP contribution in [0.25, 0.3) is 0 Å². The molecule has 0 aliphatic carbocycles. The molecule has 2 aliphatic heterocycles. The summed E-state index contributed by atoms with van der Waals surface area (Å²) in [6.45, 7) is 7.56. The summed E-state index contributed by atoms with van der Waals surface area (Å²) < 4.78 is 29.1. The van der Waals surface area contributed by atoms with Crippen molar-refractivity contribution in [3.05, 3.63) is 0 Å². The van der Waals surface area contributed by atoms with Crippen molar-refractivity contribution in [2.75, 3.05) is 33.5 Å². The van der Waals surface area contributed by atoms with Gasteiger partial charge in [-0.15, -0.1) is 0 Å². The van der Waals surface area contributed by atoms with E-state index in [0.29, 0.717) is 0 Å². The van der Waals surface area contributed by atoms with Gasteiger partial charge in [-0.05, 0) is 27.7 Å². The van der Waals surface area contributed by atoms with Gasteiger partial charge in [0.2, 0.25) is 0 Å². The Labute approximate surface area is 149 Å². The molecule has 2 saturated heterocycles. The Morgan fingerprint density at radius 1 is 1.16 bits per heavy atom. The van der Waals surface area contributed by atoms with Crippen LogP contribution in [0.2, 0.25) is 0 Å². The molecule has 0 bridgehead atoms. The van der Waals surface area contributed by atoms with Crippen molar-refractivity contribution < 1.29 is 39.0 Å². The van der Waals surface area contributed by atoms with Gasteiger partial charge in [-0.3, -0.25) is 0 Å². The first-order chi connectivity index (χ1) is 11.7. The van der Waals surface area contributed by atoms with E-state index in [1.54, 1.807) is 20.8 Å². The normalized spacial score (nSPS) is 44.2. The second kappa shape index (κ2) is 8.14. The molecule has 0 aromatic rings. The minimum atomic E-state index is -1.03. The third kappa shape index (κ3) is 4.01. The molecule has 8 unspecified atom stereocenters. The van der Waals surface area contributed by atoms with E-state index in [9.17, 15) is 15.3 Å². The van der Waals surface area contributed by atoms with Gasteiger partial charge in [0.25, 0.3) is 0 Å². The fraction of sp³-hybridized carbons (Fsp3) is 1.00. The lowest BCUT2D eigenvalue weighted by molar-refractivity contribution is -0.318. The van der Waals surface area contributed by atoms with Gasteiger partial charge in [0.05, 0.1) is 44.7 Å². The molecule has 0 aromatic heterocycles. The van der Waals surface area contributed by atoms with Gasteiger partial charge in [0.15, 0.2) is 5.60 Å². The van der Waals surface area contributed by atoms with Crippen LogP contribution in [0, 0.1) is 0 Å². The first-order valence-corrected chi connectivity index (χ1v) is 8.75. The van der Waals surface area contributed by atoms with Crippen LogP contribution in [-0.2, 0) is 23.7 Å². The van der Waals surface area contributed by atoms with Crippen molar-refractivity contribution in [2.24, 2.45) is 0 Å². The molecular weight excluding hydrogens is 332 g/mol. The van der Waals surface area contributed by atoms with E-state index in [1.165, 1.54) is 7.11 Å². The summed E-state index contributed by atoms with van der Waals surface area (Å²) in [7, 11) is 1.49. The molecule has 8 heteroatoms. The van der Waals surface area contributed by atoms with Crippen LogP contribution in [0.1, 0.15) is 27.7 Å². The Hall–Kier alpha value is -0.320. The lowest BCUT2D eigenvalue weighted by Crippen LogP contribution is -2.73. The van der Waals surface area contributed by atoms with Gasteiger partial charge in [0.1, 0.15) is 23.9 Å². The SMILES string of the molecule is COC1C(O)C(OCC(C)O)C(C)OC12COCC2(C)OCC(C)O. The number of hydrogen-bond acceptors (Lipinski definition) is 8. The maximum absolute atomic E-state index is 10.9. The smallest absolute Gasteiger partial charge is 0.151 e. The van der Waals surface area contributed by atoms with E-state index < -0.39 is 47.8 Å². The largest absolute Gasteiger partial charge is 0.391 e. The van der Waals surface area contributed by atoms with E-state index in [-0.39, 0.29) is 26.4 Å². The Morgan fingerprint density at radius 2 is 1.80 bits per heavy atom. The fourth-order valence-corrected chi connectivity index (χ4v) is 3.69. The van der Waals surface area contributed by atoms with E-state index in [2.05, 4.69) is 0 Å². The molecule has 148 valence electrons. The van der Waals surface area contributed by atoms with Gasteiger partial charge < -0.3 is 39.0 Å². The van der Waals surface area contributed by atoms with Crippen molar-refractivity contribution in [2.45, 2.75) is 75.5 Å². The molecule has 2 aliphatic rings. The van der Waals surface area contributed by atoms with Gasteiger partial charge in [0, 0.05) is 7.11 Å². The molecule has 0 saturated carbocycles. The number of methoxy groups -OCH3 is 1. The minimum absolute atomic E-state index is 0.0884. The van der Waals surface area contributed by atoms with Crippen LogP contribution < -0.4 is 0 Å². The van der Waals surface area contributed by atoms with E-state index in [1.807, 2.05) is 6.92 Å². The number of aliphatic hydroxyl groups excluding tert-OH is 3. The predicted molar refractivity (Wildman–Crippen MR) is 88.4 cm³/mol. The van der Waals surface area contributed by atoms with Crippen molar-refractivity contribution in [1.29, 1.82) is 0 Å². The minimum Gasteiger partial charge on any atom is -0.391 e. The molecule has 2 fully saturated rings. The Kier molecular flexibility index (Phi) is 6.83. The summed E-state index contributed by atoms with van der Waals surface area (Å²) in [5, 5.41) is 29.9. The monoisotopic (exact) mass is 364 g/mol. The van der Waals surface area contributed by atoms with Gasteiger partial charge in [-0.1, -0.05) is 0 Å². The van der Waals surface area contributed by atoms with Crippen LogP contribution in [-0.4, -0.2) is 96.7 Å². The average Bonchev–Trinajstić information content (AvgIpc) is 2.82. The van der Waals surface area contributed by atoms with Crippen molar-refractivity contribution in [3.63, 3.8) is 0 Å². The lowest BCUT2D eigenvalue weighted by atomic mass is 9.75. The zero-order valence-electron chi connectivity index (χ0n) is 15.7. The van der Waals surface area contributed by atoms with E-state index in [4.69, 9.17) is 23.7 Å². The van der Waals surface area contributed by atoms with Crippen LogP contribution in [0.3, 0.4) is 0 Å².